The van der Waals surface area contributed by atoms with E-state index < -0.39 is 21.9 Å². The van der Waals surface area contributed by atoms with Crippen molar-refractivity contribution in [3.8, 4) is 0 Å². The molecular weight excluding hydrogens is 257 g/mol. The van der Waals surface area contributed by atoms with Crippen LogP contribution in [0.15, 0.2) is 23.1 Å². The zero-order valence-electron chi connectivity index (χ0n) is 10.5. The van der Waals surface area contributed by atoms with Crippen molar-refractivity contribution in [2.75, 3.05) is 6.54 Å². The number of aryl methyl sites for hydroxylation is 1. The van der Waals surface area contributed by atoms with E-state index in [-0.39, 0.29) is 11.4 Å². The summed E-state index contributed by atoms with van der Waals surface area (Å²) < 4.78 is 39.1. The highest BCUT2D eigenvalue weighted by Gasteiger charge is 2.16. The number of nitrogens with one attached hydrogen (secondary N) is 1. The molecule has 1 unspecified atom stereocenters. The van der Waals surface area contributed by atoms with Crippen LogP contribution in [0.2, 0.25) is 0 Å². The fourth-order valence-electron chi connectivity index (χ4n) is 1.56. The summed E-state index contributed by atoms with van der Waals surface area (Å²) in [7, 11) is -3.64. The van der Waals surface area contributed by atoms with Gasteiger partial charge in [0.2, 0.25) is 10.0 Å². The average molecular weight is 275 g/mol. The number of aliphatic hydroxyl groups is 1. The molecule has 0 bridgehead atoms. The van der Waals surface area contributed by atoms with E-state index in [9.17, 15) is 17.9 Å². The molecule has 0 aliphatic carbocycles. The van der Waals surface area contributed by atoms with Crippen LogP contribution in [0.25, 0.3) is 0 Å². The maximum Gasteiger partial charge on any atom is 0.240 e. The highest BCUT2D eigenvalue weighted by molar-refractivity contribution is 7.89. The summed E-state index contributed by atoms with van der Waals surface area (Å²) in [5.41, 5.74) is 0.360. The Kier molecular flexibility index (Phi) is 5.25. The smallest absolute Gasteiger partial charge is 0.240 e. The molecule has 2 N–H and O–H groups in total. The Morgan fingerprint density at radius 1 is 1.44 bits per heavy atom. The standard InChI is InChI=1S/C12H18FNO3S/c1-3-11(15)6-7-14-18(16,17)12-5-4-10(13)8-9(12)2/h4-5,8,11,14-15H,3,6-7H2,1-2H3. The Morgan fingerprint density at radius 3 is 2.67 bits per heavy atom. The minimum absolute atomic E-state index is 0.0647. The first kappa shape index (κ1) is 15.1. The highest BCUT2D eigenvalue weighted by atomic mass is 32.2. The molecule has 18 heavy (non-hydrogen) atoms. The summed E-state index contributed by atoms with van der Waals surface area (Å²) in [5, 5.41) is 9.33. The van der Waals surface area contributed by atoms with E-state index in [1.54, 1.807) is 6.92 Å². The molecule has 0 aromatic heterocycles. The number of aliphatic hydroxyl groups excluding tert-OH is 1. The number of rotatable bonds is 6. The van der Waals surface area contributed by atoms with Crippen molar-refractivity contribution in [3.63, 3.8) is 0 Å². The molecule has 1 aromatic rings. The number of halogens is 1. The predicted molar refractivity (Wildman–Crippen MR) is 67.2 cm³/mol. The van der Waals surface area contributed by atoms with Gasteiger partial charge >= 0.3 is 0 Å². The Hall–Kier alpha value is -0.980. The van der Waals surface area contributed by atoms with E-state index >= 15 is 0 Å². The molecular formula is C12H18FNO3S. The molecule has 0 amide bonds. The minimum Gasteiger partial charge on any atom is -0.393 e. The maximum absolute atomic E-state index is 12.9. The monoisotopic (exact) mass is 275 g/mol. The second kappa shape index (κ2) is 6.26. The van der Waals surface area contributed by atoms with Gasteiger partial charge in [-0.3, -0.25) is 0 Å². The van der Waals surface area contributed by atoms with Gasteiger partial charge in [0.25, 0.3) is 0 Å². The lowest BCUT2D eigenvalue weighted by molar-refractivity contribution is 0.162. The zero-order valence-corrected chi connectivity index (χ0v) is 11.3. The number of sulfonamides is 1. The van der Waals surface area contributed by atoms with Gasteiger partial charge in [0.15, 0.2) is 0 Å². The molecule has 0 heterocycles. The van der Waals surface area contributed by atoms with Crippen LogP contribution < -0.4 is 4.72 Å². The van der Waals surface area contributed by atoms with E-state index in [2.05, 4.69) is 4.72 Å². The van der Waals surface area contributed by atoms with Crippen LogP contribution in [-0.4, -0.2) is 26.2 Å². The molecule has 0 fully saturated rings. The molecule has 0 spiro atoms. The van der Waals surface area contributed by atoms with Crippen LogP contribution in [0.3, 0.4) is 0 Å². The SMILES string of the molecule is CCC(O)CCNS(=O)(=O)c1ccc(F)cc1C. The normalized spacial score (nSPS) is 13.6. The molecule has 0 saturated heterocycles. The Morgan fingerprint density at radius 2 is 2.11 bits per heavy atom. The fourth-order valence-corrected chi connectivity index (χ4v) is 2.83. The third kappa shape index (κ3) is 4.04. The first-order valence-corrected chi connectivity index (χ1v) is 7.29. The van der Waals surface area contributed by atoms with Gasteiger partial charge in [-0.05, 0) is 43.5 Å². The summed E-state index contributed by atoms with van der Waals surface area (Å²) >= 11 is 0. The lowest BCUT2D eigenvalue weighted by Crippen LogP contribution is -2.27. The van der Waals surface area contributed by atoms with Crippen LogP contribution in [0.4, 0.5) is 4.39 Å². The molecule has 1 atom stereocenters. The third-order valence-corrected chi connectivity index (χ3v) is 4.29. The van der Waals surface area contributed by atoms with Crippen LogP contribution >= 0.6 is 0 Å². The van der Waals surface area contributed by atoms with E-state index in [4.69, 9.17) is 0 Å². The van der Waals surface area contributed by atoms with Gasteiger partial charge in [0.1, 0.15) is 5.82 Å². The molecule has 0 saturated carbocycles. The first-order chi connectivity index (χ1) is 8.36. The Balaban J connectivity index is 2.74. The van der Waals surface area contributed by atoms with Crippen molar-refractivity contribution >= 4 is 10.0 Å². The Labute approximate surface area is 107 Å². The van der Waals surface area contributed by atoms with Gasteiger partial charge in [-0.2, -0.15) is 0 Å². The molecule has 0 aliphatic rings. The molecule has 4 nitrogen and oxygen atoms in total. The van der Waals surface area contributed by atoms with Crippen LogP contribution in [0, 0.1) is 12.7 Å². The third-order valence-electron chi connectivity index (χ3n) is 2.67. The second-order valence-electron chi connectivity index (χ2n) is 4.16. The fraction of sp³-hybridized carbons (Fsp3) is 0.500. The molecule has 102 valence electrons. The van der Waals surface area contributed by atoms with Gasteiger partial charge in [-0.15, -0.1) is 0 Å². The topological polar surface area (TPSA) is 66.4 Å². The van der Waals surface area contributed by atoms with Crippen molar-refractivity contribution < 1.29 is 17.9 Å². The highest BCUT2D eigenvalue weighted by Crippen LogP contribution is 2.15. The van der Waals surface area contributed by atoms with Crippen LogP contribution in [0.1, 0.15) is 25.3 Å². The van der Waals surface area contributed by atoms with E-state index in [1.807, 2.05) is 6.92 Å². The van der Waals surface area contributed by atoms with E-state index in [1.165, 1.54) is 12.1 Å². The average Bonchev–Trinajstić information content (AvgIpc) is 2.27. The van der Waals surface area contributed by atoms with Gasteiger partial charge < -0.3 is 5.11 Å². The number of benzene rings is 1. The van der Waals surface area contributed by atoms with Crippen LogP contribution in [0.5, 0.6) is 0 Å². The lowest BCUT2D eigenvalue weighted by Gasteiger charge is -2.11. The van der Waals surface area contributed by atoms with Gasteiger partial charge in [0.05, 0.1) is 11.0 Å². The van der Waals surface area contributed by atoms with Crippen molar-refractivity contribution in [3.05, 3.63) is 29.6 Å². The molecule has 0 radical (unpaired) electrons. The summed E-state index contributed by atoms with van der Waals surface area (Å²) in [5.74, 6) is -0.465. The molecule has 1 aromatic carbocycles. The summed E-state index contributed by atoms with van der Waals surface area (Å²) in [6.07, 6.45) is 0.426. The van der Waals surface area contributed by atoms with Crippen molar-refractivity contribution in [1.29, 1.82) is 0 Å². The van der Waals surface area contributed by atoms with Crippen LogP contribution in [-0.2, 0) is 10.0 Å². The van der Waals surface area contributed by atoms with Gasteiger partial charge in [-0.25, -0.2) is 17.5 Å². The predicted octanol–water partition coefficient (Wildman–Crippen LogP) is 1.57. The summed E-state index contributed by atoms with van der Waals surface area (Å²) in [4.78, 5) is 0.0647. The summed E-state index contributed by atoms with van der Waals surface area (Å²) in [6, 6.07) is 3.53. The number of hydrogen-bond acceptors (Lipinski definition) is 3. The van der Waals surface area contributed by atoms with Crippen molar-refractivity contribution in [1.82, 2.24) is 4.72 Å². The second-order valence-corrected chi connectivity index (χ2v) is 5.89. The zero-order chi connectivity index (χ0) is 13.8. The van der Waals surface area contributed by atoms with Gasteiger partial charge in [-0.1, -0.05) is 6.92 Å². The number of hydrogen-bond donors (Lipinski definition) is 2. The van der Waals surface area contributed by atoms with Gasteiger partial charge in [0, 0.05) is 6.54 Å². The lowest BCUT2D eigenvalue weighted by atomic mass is 10.2. The molecule has 6 heteroatoms. The minimum atomic E-state index is -3.64. The largest absolute Gasteiger partial charge is 0.393 e. The molecule has 1 rings (SSSR count). The maximum atomic E-state index is 12.9. The van der Waals surface area contributed by atoms with E-state index in [0.717, 1.165) is 6.07 Å². The van der Waals surface area contributed by atoms with Crippen molar-refractivity contribution in [2.45, 2.75) is 37.7 Å². The molecule has 0 aliphatic heterocycles. The first-order valence-electron chi connectivity index (χ1n) is 5.80. The summed E-state index contributed by atoms with van der Waals surface area (Å²) in [6.45, 7) is 3.52. The Bertz CT molecular complexity index is 502. The quantitative estimate of drug-likeness (QED) is 0.828. The van der Waals surface area contributed by atoms with Crippen molar-refractivity contribution in [2.24, 2.45) is 0 Å². The van der Waals surface area contributed by atoms with E-state index in [0.29, 0.717) is 18.4 Å².